The number of fused-ring (bicyclic) bond motifs is 5. The van der Waals surface area contributed by atoms with Crippen molar-refractivity contribution >= 4 is 83.0 Å². The normalized spacial score (nSPS) is 30.7. The monoisotopic (exact) mass is 865 g/mol. The van der Waals surface area contributed by atoms with Gasteiger partial charge in [-0.05, 0) is 12.1 Å². The van der Waals surface area contributed by atoms with E-state index < -0.39 is 93.0 Å². The van der Waals surface area contributed by atoms with Gasteiger partial charge in [0, 0.05) is 17.9 Å². The molecule has 9 atom stereocenters. The van der Waals surface area contributed by atoms with Crippen molar-refractivity contribution in [1.82, 2.24) is 44.5 Å². The Bertz CT molecular complexity index is 2510. The van der Waals surface area contributed by atoms with Gasteiger partial charge in [-0.3, -0.25) is 29.3 Å². The Hall–Kier alpha value is -4.10. The number of nitrogens with one attached hydrogen (secondary N) is 3. The molecule has 57 heavy (non-hydrogen) atoms. The second-order valence-electron chi connectivity index (χ2n) is 13.2. The molecule has 2 unspecified atom stereocenters. The summed E-state index contributed by atoms with van der Waals surface area (Å²) in [5.74, 6) is -1.53. The molecule has 8 rings (SSSR count). The molecule has 22 nitrogen and oxygen atoms in total. The summed E-state index contributed by atoms with van der Waals surface area (Å²) in [6.45, 7) is -6.89. The second-order valence-corrected chi connectivity index (χ2v) is 18.6. The van der Waals surface area contributed by atoms with Gasteiger partial charge in [-0.25, -0.2) is 19.3 Å². The topological polar surface area (TPSA) is 280 Å². The van der Waals surface area contributed by atoms with Crippen molar-refractivity contribution in [2.75, 3.05) is 23.8 Å². The first kappa shape index (κ1) is 39.7. The largest absolute Gasteiger partial charge is 0.780 e. The summed E-state index contributed by atoms with van der Waals surface area (Å²) < 4.78 is 53.1. The number of ether oxygens (including phenoxy) is 2. The van der Waals surface area contributed by atoms with Crippen LogP contribution in [0.4, 0.5) is 16.2 Å². The van der Waals surface area contributed by atoms with Gasteiger partial charge in [-0.2, -0.15) is 9.67 Å². The van der Waals surface area contributed by atoms with E-state index in [9.17, 15) is 24.2 Å². The van der Waals surface area contributed by atoms with Crippen LogP contribution < -0.4 is 26.0 Å². The highest BCUT2D eigenvalue weighted by molar-refractivity contribution is 8.06. The summed E-state index contributed by atoms with van der Waals surface area (Å²) in [5, 5.41) is 13.2. The summed E-state index contributed by atoms with van der Waals surface area (Å²) in [5.41, 5.74) is -0.547. The molecule has 0 saturated carbocycles. The summed E-state index contributed by atoms with van der Waals surface area (Å²) >= 11 is 10.4. The van der Waals surface area contributed by atoms with E-state index in [1.54, 1.807) is 44.2 Å². The molecule has 3 saturated heterocycles. The fourth-order valence-electron chi connectivity index (χ4n) is 6.26. The SMILES string of the molecule is CC(C)C(=O)Nc1nc2c(ncn2[C@@H]2O[C@@H]3COP([O-])(=S)O[C@H]4[C@H](F)[C@H](n5nnc6c(NC(=O)c7ccccc7)ncnc65)O[C@@H]4COP([O-])(=S)O[C@H]2C3)c(=O)[nH]1. The lowest BCUT2D eigenvalue weighted by molar-refractivity contribution is -0.221. The maximum atomic E-state index is 16.4. The van der Waals surface area contributed by atoms with E-state index in [1.165, 1.54) is 10.9 Å². The number of imidazole rings is 1. The first-order valence-electron chi connectivity index (χ1n) is 17.1. The Morgan fingerprint density at radius 1 is 0.965 bits per heavy atom. The number of rotatable bonds is 6. The third kappa shape index (κ3) is 8.15. The Kier molecular flexibility index (Phi) is 10.9. The minimum atomic E-state index is -4.53. The maximum Gasteiger partial charge on any atom is 0.280 e. The van der Waals surface area contributed by atoms with E-state index in [4.69, 9.17) is 51.2 Å². The Morgan fingerprint density at radius 3 is 2.49 bits per heavy atom. The van der Waals surface area contributed by atoms with Crippen molar-refractivity contribution < 1.29 is 51.3 Å². The number of hydrogen-bond acceptors (Lipinski definition) is 19. The van der Waals surface area contributed by atoms with Gasteiger partial charge in [-0.15, -0.1) is 5.10 Å². The minimum Gasteiger partial charge on any atom is -0.780 e. The van der Waals surface area contributed by atoms with Crippen LogP contribution in [0.3, 0.4) is 0 Å². The zero-order chi connectivity index (χ0) is 40.2. The molecular weight excluding hydrogens is 835 g/mol. The number of benzene rings is 1. The van der Waals surface area contributed by atoms with Gasteiger partial charge >= 0.3 is 0 Å². The molecule has 5 aromatic rings. The second kappa shape index (κ2) is 15.6. The van der Waals surface area contributed by atoms with Gasteiger partial charge in [0.25, 0.3) is 11.5 Å². The molecule has 3 aliphatic heterocycles. The van der Waals surface area contributed by atoms with Gasteiger partial charge in [-0.1, -0.05) is 60.9 Å². The number of H-pyrrole nitrogens is 1. The van der Waals surface area contributed by atoms with Gasteiger partial charge in [0.05, 0.1) is 25.6 Å². The highest BCUT2D eigenvalue weighted by Gasteiger charge is 2.50. The van der Waals surface area contributed by atoms with Crippen LogP contribution in [-0.4, -0.2) is 100 Å². The standard InChI is InChI=1S/C30H32FN11O11P2S2/c1-13(2)25(43)37-30-36-24-20(27(45)38-30)34-12-41(24)28-16-8-15(50-28)9-48-55(47,57)53-21-17(10-49-54(46,56)52-16)51-29(18(21)31)42-23-19(39-40-42)22(32-11-33-23)35-26(44)14-6-4-3-5-7-14/h3-7,11-13,15-18,21,28-29H,8-10H2,1-2H3,(H,46,56)(H,47,57)(H,32,33,35,44)(H2,36,37,38,43,45)/p-2/t15-,16-,17+,18-,21+,28+,29+,54?,55?/m0/s1. The van der Waals surface area contributed by atoms with Gasteiger partial charge < -0.3 is 42.7 Å². The average molecular weight is 866 g/mol. The lowest BCUT2D eigenvalue weighted by Gasteiger charge is -2.35. The number of alkyl halides is 1. The molecular formula is C30H30FN11O11P2S2-2. The lowest BCUT2D eigenvalue weighted by Crippen LogP contribution is -2.36. The molecule has 1 aromatic carbocycles. The molecule has 3 fully saturated rings. The predicted octanol–water partition coefficient (Wildman–Crippen LogP) is 0.711. The minimum absolute atomic E-state index is 0.00957. The molecule has 2 bridgehead atoms. The molecule has 0 spiro atoms. The van der Waals surface area contributed by atoms with Crippen LogP contribution in [0.15, 0.2) is 47.8 Å². The van der Waals surface area contributed by atoms with Crippen molar-refractivity contribution in [3.63, 3.8) is 0 Å². The number of hydrogen-bond donors (Lipinski definition) is 3. The first-order chi connectivity index (χ1) is 27.2. The van der Waals surface area contributed by atoms with Gasteiger partial charge in [0.1, 0.15) is 38.1 Å². The Morgan fingerprint density at radius 2 is 1.72 bits per heavy atom. The number of amides is 2. The predicted molar refractivity (Wildman–Crippen MR) is 197 cm³/mol. The van der Waals surface area contributed by atoms with Gasteiger partial charge in [0.2, 0.25) is 11.9 Å². The zero-order valence-electron chi connectivity index (χ0n) is 29.4. The van der Waals surface area contributed by atoms with Crippen LogP contribution in [0.2, 0.25) is 0 Å². The van der Waals surface area contributed by atoms with Crippen LogP contribution in [0.1, 0.15) is 43.1 Å². The molecule has 4 aromatic heterocycles. The summed E-state index contributed by atoms with van der Waals surface area (Å²) in [6, 6.07) is 8.30. The van der Waals surface area contributed by atoms with E-state index in [0.29, 0.717) is 5.56 Å². The highest BCUT2D eigenvalue weighted by Crippen LogP contribution is 2.51. The number of anilines is 2. The number of nitrogens with zero attached hydrogens (tertiary/aromatic N) is 8. The molecule has 0 aliphatic carbocycles. The molecule has 3 N–H and O–H groups in total. The van der Waals surface area contributed by atoms with Crippen molar-refractivity contribution in [2.45, 2.75) is 63.3 Å². The fourth-order valence-corrected chi connectivity index (χ4v) is 9.13. The molecule has 2 amide bonds. The third-order valence-corrected chi connectivity index (χ3v) is 12.1. The maximum absolute atomic E-state index is 16.4. The number of carbonyl (C=O) groups is 2. The summed E-state index contributed by atoms with van der Waals surface area (Å²) in [6.07, 6.45) is -8.13. The smallest absolute Gasteiger partial charge is 0.280 e. The number of carbonyl (C=O) groups excluding carboxylic acids is 2. The van der Waals surface area contributed by atoms with E-state index in [-0.39, 0.29) is 40.5 Å². The fraction of sp³-hybridized carbons (Fsp3) is 0.433. The van der Waals surface area contributed by atoms with Crippen LogP contribution in [0.25, 0.3) is 22.3 Å². The Labute approximate surface area is 329 Å². The lowest BCUT2D eigenvalue weighted by atomic mass is 10.1. The first-order valence-corrected chi connectivity index (χ1v) is 22.2. The van der Waals surface area contributed by atoms with Crippen LogP contribution >= 0.6 is 13.4 Å². The molecule has 0 radical (unpaired) electrons. The Balaban J connectivity index is 1.05. The quantitative estimate of drug-likeness (QED) is 0.198. The number of halogens is 1. The van der Waals surface area contributed by atoms with Crippen molar-refractivity contribution in [1.29, 1.82) is 0 Å². The zero-order valence-corrected chi connectivity index (χ0v) is 32.9. The van der Waals surface area contributed by atoms with Crippen LogP contribution in [0, 0.1) is 5.92 Å². The average Bonchev–Trinajstić information content (AvgIpc) is 3.95. The molecule has 302 valence electrons. The van der Waals surface area contributed by atoms with E-state index in [1.807, 2.05) is 0 Å². The highest BCUT2D eigenvalue weighted by atomic mass is 32.5. The molecule has 3 aliphatic rings. The van der Waals surface area contributed by atoms with E-state index >= 15 is 4.39 Å². The van der Waals surface area contributed by atoms with Crippen LogP contribution in [-0.2, 0) is 56.0 Å². The van der Waals surface area contributed by atoms with E-state index in [2.05, 4.69) is 45.9 Å². The van der Waals surface area contributed by atoms with E-state index in [0.717, 1.165) is 11.0 Å². The van der Waals surface area contributed by atoms with Crippen molar-refractivity contribution in [3.05, 3.63) is 58.9 Å². The molecule has 7 heterocycles. The number of aromatic amines is 1. The van der Waals surface area contributed by atoms with Crippen molar-refractivity contribution in [3.8, 4) is 0 Å². The third-order valence-electron chi connectivity index (χ3n) is 8.99. The summed E-state index contributed by atoms with van der Waals surface area (Å²) in [4.78, 5) is 84.4. The van der Waals surface area contributed by atoms with Crippen LogP contribution in [0.5, 0.6) is 0 Å². The van der Waals surface area contributed by atoms with Crippen molar-refractivity contribution in [2.24, 2.45) is 5.92 Å². The molecule has 27 heteroatoms. The van der Waals surface area contributed by atoms with Gasteiger partial charge in [0.15, 0.2) is 46.8 Å². The summed E-state index contributed by atoms with van der Waals surface area (Å²) in [7, 11) is 0. The number of aromatic nitrogens is 9.